The number of aliphatic imine (C=N–C) groups is 1. The number of likely N-dealkylation sites (tertiary alicyclic amines) is 1. The van der Waals surface area contributed by atoms with E-state index in [1.54, 1.807) is 29.0 Å². The van der Waals surface area contributed by atoms with Crippen LogP contribution in [0.4, 0.5) is 4.79 Å². The molecule has 37 heavy (non-hydrogen) atoms. The summed E-state index contributed by atoms with van der Waals surface area (Å²) in [6, 6.07) is 3.32. The molecule has 6 rings (SSSR count). The number of piperidine rings is 1. The molecule has 1 aromatic heterocycles. The van der Waals surface area contributed by atoms with Gasteiger partial charge in [-0.1, -0.05) is 11.6 Å². The van der Waals surface area contributed by atoms with Crippen LogP contribution in [0.25, 0.3) is 6.08 Å². The number of urea groups is 1. The number of fused-ring (bicyclic) bond motifs is 1. The molecule has 4 fully saturated rings. The third-order valence-corrected chi connectivity index (χ3v) is 11.1. The van der Waals surface area contributed by atoms with Crippen LogP contribution in [0, 0.1) is 0 Å². The van der Waals surface area contributed by atoms with Gasteiger partial charge >= 0.3 is 6.03 Å². The van der Waals surface area contributed by atoms with Crippen molar-refractivity contribution < 1.29 is 18.0 Å². The summed E-state index contributed by atoms with van der Waals surface area (Å²) in [6.45, 7) is 2.98. The van der Waals surface area contributed by atoms with E-state index in [2.05, 4.69) is 4.90 Å². The summed E-state index contributed by atoms with van der Waals surface area (Å²) in [7, 11) is -2.17. The lowest BCUT2D eigenvalue weighted by atomic mass is 9.86. The summed E-state index contributed by atoms with van der Waals surface area (Å²) in [6.07, 6.45) is 6.23. The molecule has 0 saturated carbocycles. The van der Waals surface area contributed by atoms with Gasteiger partial charge in [0.2, 0.25) is 15.9 Å². The van der Waals surface area contributed by atoms with Crippen LogP contribution in [0.3, 0.4) is 0 Å². The first-order valence-corrected chi connectivity index (χ1v) is 15.4. The molecule has 6 heterocycles. The standard InChI is InChI=1S/C24H31ClN6O4S2/c1-27-16-24-17-29(37(34,35)13-7-18-5-6-19(25)36-18)14-21(32)30(24)15-23(31(24)22(27)33)8-11-28(12-9-23)20-4-2-3-10-26-20/h5-7,13H,2-4,8-12,14-17H2,1H3/b13-7+. The van der Waals surface area contributed by atoms with Gasteiger partial charge in [-0.2, -0.15) is 4.31 Å². The van der Waals surface area contributed by atoms with Gasteiger partial charge in [0.15, 0.2) is 5.66 Å². The highest BCUT2D eigenvalue weighted by atomic mass is 35.5. The van der Waals surface area contributed by atoms with Gasteiger partial charge in [-0.25, -0.2) is 13.2 Å². The molecule has 0 aromatic carbocycles. The number of sulfonamides is 1. The Morgan fingerprint density at radius 2 is 1.89 bits per heavy atom. The van der Waals surface area contributed by atoms with E-state index in [1.807, 2.05) is 4.90 Å². The van der Waals surface area contributed by atoms with Gasteiger partial charge in [0.05, 0.1) is 35.3 Å². The van der Waals surface area contributed by atoms with E-state index in [0.717, 1.165) is 63.0 Å². The second kappa shape index (κ2) is 8.96. The number of carbonyl (C=O) groups excluding carboxylic acids is 2. The number of amidine groups is 1. The van der Waals surface area contributed by atoms with Crippen LogP contribution in [-0.2, 0) is 14.8 Å². The molecule has 1 unspecified atom stereocenters. The smallest absolute Gasteiger partial charge is 0.322 e. The second-order valence-electron chi connectivity index (χ2n) is 10.7. The SMILES string of the molecule is CN1CC23CN(S(=O)(=O)/C=C/c4ccc(Cl)s4)CC(=O)N2CC2(CCN(C4=NCCCC4)CC2)N3C1=O. The summed E-state index contributed by atoms with van der Waals surface area (Å²) < 4.78 is 28.5. The third kappa shape index (κ3) is 4.07. The fourth-order valence-electron chi connectivity index (χ4n) is 6.67. The number of piperazine rings is 1. The molecule has 13 heteroatoms. The maximum atomic E-state index is 13.6. The van der Waals surface area contributed by atoms with Crippen LogP contribution in [0.15, 0.2) is 22.5 Å². The fourth-order valence-corrected chi connectivity index (χ4v) is 8.89. The number of hydrogen-bond acceptors (Lipinski definition) is 7. The Labute approximate surface area is 226 Å². The zero-order chi connectivity index (χ0) is 26.0. The minimum atomic E-state index is -3.90. The van der Waals surface area contributed by atoms with Crippen molar-refractivity contribution in [2.75, 3.05) is 52.9 Å². The average Bonchev–Trinajstić information content (AvgIpc) is 3.50. The number of halogens is 1. The number of rotatable bonds is 3. The zero-order valence-electron chi connectivity index (χ0n) is 20.8. The summed E-state index contributed by atoms with van der Waals surface area (Å²) >= 11 is 7.25. The monoisotopic (exact) mass is 566 g/mol. The van der Waals surface area contributed by atoms with Crippen LogP contribution in [0.5, 0.6) is 0 Å². The maximum Gasteiger partial charge on any atom is 0.322 e. The minimum Gasteiger partial charge on any atom is -0.360 e. The van der Waals surface area contributed by atoms with Crippen LogP contribution in [0.1, 0.15) is 37.0 Å². The Kier molecular flexibility index (Phi) is 6.09. The number of thiophene rings is 1. The van der Waals surface area contributed by atoms with Crippen molar-refractivity contribution >= 4 is 56.8 Å². The van der Waals surface area contributed by atoms with Crippen molar-refractivity contribution in [3.63, 3.8) is 0 Å². The third-order valence-electron chi connectivity index (χ3n) is 8.42. The molecule has 0 radical (unpaired) electrons. The van der Waals surface area contributed by atoms with Crippen molar-refractivity contribution in [2.45, 2.75) is 43.3 Å². The second-order valence-corrected chi connectivity index (χ2v) is 14.2. The number of carbonyl (C=O) groups is 2. The molecule has 10 nitrogen and oxygen atoms in total. The first kappa shape index (κ1) is 25.1. The van der Waals surface area contributed by atoms with Crippen LogP contribution in [-0.4, -0.2) is 114 Å². The van der Waals surface area contributed by atoms with E-state index in [1.165, 1.54) is 21.7 Å². The highest BCUT2D eigenvalue weighted by Crippen LogP contribution is 2.49. The number of likely N-dealkylation sites (N-methyl/N-ethyl adjacent to an activating group) is 1. The lowest BCUT2D eigenvalue weighted by molar-refractivity contribution is -0.143. The van der Waals surface area contributed by atoms with Crippen molar-refractivity contribution in [3.05, 3.63) is 26.8 Å². The van der Waals surface area contributed by atoms with E-state index in [4.69, 9.17) is 16.6 Å². The largest absolute Gasteiger partial charge is 0.360 e. The maximum absolute atomic E-state index is 13.6. The number of hydrogen-bond donors (Lipinski definition) is 0. The summed E-state index contributed by atoms with van der Waals surface area (Å²) in [4.78, 5) is 40.1. The predicted molar refractivity (Wildman–Crippen MR) is 143 cm³/mol. The molecule has 5 aliphatic rings. The normalized spacial score (nSPS) is 28.4. The predicted octanol–water partition coefficient (Wildman–Crippen LogP) is 2.34. The van der Waals surface area contributed by atoms with E-state index in [0.29, 0.717) is 15.8 Å². The first-order valence-electron chi connectivity index (χ1n) is 12.7. The van der Waals surface area contributed by atoms with E-state index >= 15 is 0 Å². The Morgan fingerprint density at radius 3 is 2.57 bits per heavy atom. The fraction of sp³-hybridized carbons (Fsp3) is 0.625. The van der Waals surface area contributed by atoms with Gasteiger partial charge in [-0.05, 0) is 43.9 Å². The molecule has 3 amide bonds. The first-order chi connectivity index (χ1) is 17.6. The summed E-state index contributed by atoms with van der Waals surface area (Å²) in [5.74, 6) is 0.898. The molecule has 1 aromatic rings. The molecular weight excluding hydrogens is 536 g/mol. The zero-order valence-corrected chi connectivity index (χ0v) is 23.2. The summed E-state index contributed by atoms with van der Waals surface area (Å²) in [5, 5.41) is 1.13. The average molecular weight is 567 g/mol. The Balaban J connectivity index is 1.28. The Bertz CT molecular complexity index is 1290. The van der Waals surface area contributed by atoms with Gasteiger partial charge in [-0.3, -0.25) is 14.7 Å². The molecule has 2 spiro atoms. The van der Waals surface area contributed by atoms with E-state index < -0.39 is 21.2 Å². The molecule has 200 valence electrons. The van der Waals surface area contributed by atoms with Crippen molar-refractivity contribution in [2.24, 2.45) is 4.99 Å². The van der Waals surface area contributed by atoms with Gasteiger partial charge in [0, 0.05) is 49.9 Å². The molecular formula is C24H31ClN6O4S2. The van der Waals surface area contributed by atoms with Crippen LogP contribution < -0.4 is 0 Å². The van der Waals surface area contributed by atoms with Crippen LogP contribution >= 0.6 is 22.9 Å². The highest BCUT2D eigenvalue weighted by Gasteiger charge is 2.69. The molecule has 5 aliphatic heterocycles. The molecule has 0 bridgehead atoms. The van der Waals surface area contributed by atoms with Gasteiger partial charge in [0.25, 0.3) is 0 Å². The molecule has 4 saturated heterocycles. The lowest BCUT2D eigenvalue weighted by Gasteiger charge is -2.48. The van der Waals surface area contributed by atoms with E-state index in [-0.39, 0.29) is 31.6 Å². The quantitative estimate of drug-likeness (QED) is 0.559. The van der Waals surface area contributed by atoms with E-state index in [9.17, 15) is 18.0 Å². The molecule has 0 N–H and O–H groups in total. The molecule has 0 aliphatic carbocycles. The van der Waals surface area contributed by atoms with Crippen molar-refractivity contribution in [3.8, 4) is 0 Å². The summed E-state index contributed by atoms with van der Waals surface area (Å²) in [5.41, 5.74) is -1.51. The Hall–Kier alpha value is -2.15. The van der Waals surface area contributed by atoms with Gasteiger partial charge in [0.1, 0.15) is 0 Å². The molecule has 1 atom stereocenters. The van der Waals surface area contributed by atoms with Crippen molar-refractivity contribution in [1.82, 2.24) is 23.9 Å². The number of amides is 3. The van der Waals surface area contributed by atoms with Crippen LogP contribution in [0.2, 0.25) is 4.34 Å². The van der Waals surface area contributed by atoms with Gasteiger partial charge in [-0.15, -0.1) is 11.3 Å². The highest BCUT2D eigenvalue weighted by molar-refractivity contribution is 7.92. The Morgan fingerprint density at radius 1 is 1.11 bits per heavy atom. The van der Waals surface area contributed by atoms with Crippen molar-refractivity contribution in [1.29, 1.82) is 0 Å². The van der Waals surface area contributed by atoms with Gasteiger partial charge < -0.3 is 14.7 Å². The minimum absolute atomic E-state index is 0.0604. The number of nitrogens with zero attached hydrogens (tertiary/aromatic N) is 6. The topological polar surface area (TPSA) is 96.8 Å². The lowest BCUT2D eigenvalue weighted by Crippen LogP contribution is -2.68.